The number of ether oxygens (including phenoxy) is 2. The topological polar surface area (TPSA) is 84.9 Å². The lowest BCUT2D eigenvalue weighted by Gasteiger charge is -2.18. The molecule has 0 aliphatic carbocycles. The lowest BCUT2D eigenvalue weighted by molar-refractivity contribution is -0.128. The molecule has 8 heteroatoms. The molecular weight excluding hydrogens is 392 g/mol. The first-order chi connectivity index (χ1) is 13.8. The zero-order chi connectivity index (χ0) is 21.4. The van der Waals surface area contributed by atoms with E-state index in [0.29, 0.717) is 24.5 Å². The van der Waals surface area contributed by atoms with Crippen molar-refractivity contribution in [3.05, 3.63) is 54.1 Å². The van der Waals surface area contributed by atoms with Crippen molar-refractivity contribution in [3.63, 3.8) is 0 Å². The van der Waals surface area contributed by atoms with Gasteiger partial charge in [-0.3, -0.25) is 4.79 Å². The number of hydrogen-bond acceptors (Lipinski definition) is 5. The van der Waals surface area contributed by atoms with Crippen molar-refractivity contribution in [1.82, 2.24) is 9.62 Å². The summed E-state index contributed by atoms with van der Waals surface area (Å²) in [7, 11) is -0.503. The van der Waals surface area contributed by atoms with Crippen LogP contribution in [0.1, 0.15) is 18.9 Å². The third-order valence-corrected chi connectivity index (χ3v) is 6.13. The first kappa shape index (κ1) is 22.7. The quantitative estimate of drug-likeness (QED) is 0.597. The van der Waals surface area contributed by atoms with Crippen LogP contribution < -0.4 is 14.8 Å². The second-order valence-corrected chi connectivity index (χ2v) is 8.83. The molecule has 0 aliphatic heterocycles. The highest BCUT2D eigenvalue weighted by molar-refractivity contribution is 7.89. The predicted molar refractivity (Wildman–Crippen MR) is 112 cm³/mol. The van der Waals surface area contributed by atoms with Crippen LogP contribution >= 0.6 is 0 Å². The third-order valence-electron chi connectivity index (χ3n) is 4.30. The molecule has 1 amide bonds. The molecular formula is C21H28N2O5S. The van der Waals surface area contributed by atoms with Crippen molar-refractivity contribution in [3.8, 4) is 11.5 Å². The minimum atomic E-state index is -3.46. The highest BCUT2D eigenvalue weighted by Gasteiger charge is 2.19. The molecule has 0 radical (unpaired) electrons. The number of para-hydroxylation sites is 1. The van der Waals surface area contributed by atoms with Gasteiger partial charge in [-0.25, -0.2) is 12.7 Å². The van der Waals surface area contributed by atoms with Gasteiger partial charge in [0.25, 0.3) is 5.91 Å². The van der Waals surface area contributed by atoms with Crippen LogP contribution in [0.3, 0.4) is 0 Å². The maximum atomic E-state index is 12.4. The summed E-state index contributed by atoms with van der Waals surface area (Å²) in [5.41, 5.74) is 0.974. The smallest absolute Gasteiger partial charge is 0.261 e. The van der Waals surface area contributed by atoms with Gasteiger partial charge in [0.15, 0.2) is 6.10 Å². The first-order valence-corrected chi connectivity index (χ1v) is 10.8. The van der Waals surface area contributed by atoms with Crippen LogP contribution in [-0.4, -0.2) is 52.0 Å². The molecule has 0 fully saturated rings. The van der Waals surface area contributed by atoms with Crippen LogP contribution in [0.2, 0.25) is 0 Å². The maximum Gasteiger partial charge on any atom is 0.261 e. The van der Waals surface area contributed by atoms with E-state index in [9.17, 15) is 13.2 Å². The Kier molecular flexibility index (Phi) is 8.04. The van der Waals surface area contributed by atoms with E-state index in [0.717, 1.165) is 9.87 Å². The molecule has 2 aromatic rings. The fourth-order valence-electron chi connectivity index (χ4n) is 2.54. The standard InChI is InChI=1S/C21H28N2O5S/c1-5-19(28-20-9-7-6-8-16(20)2)21(24)22-14-15-27-17-10-12-18(13-11-17)29(25,26)23(3)4/h6-13,19H,5,14-15H2,1-4H3,(H,22,24). The molecule has 0 bridgehead atoms. The fraction of sp³-hybridized carbons (Fsp3) is 0.381. The van der Waals surface area contributed by atoms with E-state index in [1.165, 1.54) is 26.2 Å². The number of aryl methyl sites for hydroxylation is 1. The maximum absolute atomic E-state index is 12.4. The Morgan fingerprint density at radius 3 is 2.34 bits per heavy atom. The van der Waals surface area contributed by atoms with Crippen LogP contribution in [-0.2, 0) is 14.8 Å². The number of amides is 1. The highest BCUT2D eigenvalue weighted by atomic mass is 32.2. The normalized spacial score (nSPS) is 12.4. The summed E-state index contributed by atoms with van der Waals surface area (Å²) >= 11 is 0. The van der Waals surface area contributed by atoms with E-state index < -0.39 is 16.1 Å². The summed E-state index contributed by atoms with van der Waals surface area (Å²) in [6.45, 7) is 4.39. The van der Waals surface area contributed by atoms with Gasteiger partial charge in [0, 0.05) is 14.1 Å². The molecule has 2 aromatic carbocycles. The zero-order valence-corrected chi connectivity index (χ0v) is 18.0. The average Bonchev–Trinajstić information content (AvgIpc) is 2.70. The van der Waals surface area contributed by atoms with Crippen LogP contribution in [0.4, 0.5) is 0 Å². The molecule has 0 spiro atoms. The van der Waals surface area contributed by atoms with Gasteiger partial charge >= 0.3 is 0 Å². The van der Waals surface area contributed by atoms with Gasteiger partial charge in [0.2, 0.25) is 10.0 Å². The van der Waals surface area contributed by atoms with E-state index in [-0.39, 0.29) is 17.4 Å². The Balaban J connectivity index is 1.82. The molecule has 1 N–H and O–H groups in total. The van der Waals surface area contributed by atoms with Crippen molar-refractivity contribution in [2.45, 2.75) is 31.3 Å². The van der Waals surface area contributed by atoms with Crippen LogP contribution in [0.25, 0.3) is 0 Å². The van der Waals surface area contributed by atoms with Gasteiger partial charge in [0.05, 0.1) is 11.4 Å². The summed E-state index contributed by atoms with van der Waals surface area (Å²) in [5.74, 6) is 1.02. The molecule has 0 heterocycles. The molecule has 1 unspecified atom stereocenters. The van der Waals surface area contributed by atoms with Crippen LogP contribution in [0, 0.1) is 6.92 Å². The van der Waals surface area contributed by atoms with Gasteiger partial charge in [-0.2, -0.15) is 0 Å². The van der Waals surface area contributed by atoms with Gasteiger partial charge in [0.1, 0.15) is 18.1 Å². The lowest BCUT2D eigenvalue weighted by atomic mass is 10.2. The Hall–Kier alpha value is -2.58. The van der Waals surface area contributed by atoms with E-state index in [2.05, 4.69) is 5.32 Å². The Morgan fingerprint density at radius 2 is 1.76 bits per heavy atom. The number of carbonyl (C=O) groups is 1. The van der Waals surface area contributed by atoms with Crippen molar-refractivity contribution >= 4 is 15.9 Å². The van der Waals surface area contributed by atoms with Gasteiger partial charge in [-0.1, -0.05) is 25.1 Å². The summed E-state index contributed by atoms with van der Waals surface area (Å²) in [4.78, 5) is 12.6. The minimum absolute atomic E-state index is 0.197. The Bertz CT molecular complexity index is 911. The average molecular weight is 421 g/mol. The summed E-state index contributed by atoms with van der Waals surface area (Å²) in [6, 6.07) is 13.7. The summed E-state index contributed by atoms with van der Waals surface area (Å²) in [6.07, 6.45) is -0.0327. The number of carbonyl (C=O) groups excluding carboxylic acids is 1. The Labute approximate surface area is 172 Å². The SMILES string of the molecule is CCC(Oc1ccccc1C)C(=O)NCCOc1ccc(S(=O)(=O)N(C)C)cc1. The van der Waals surface area contributed by atoms with Crippen LogP contribution in [0.5, 0.6) is 11.5 Å². The Morgan fingerprint density at radius 1 is 1.10 bits per heavy atom. The number of sulfonamides is 1. The number of hydrogen-bond donors (Lipinski definition) is 1. The molecule has 7 nitrogen and oxygen atoms in total. The number of nitrogens with zero attached hydrogens (tertiary/aromatic N) is 1. The van der Waals surface area contributed by atoms with Gasteiger partial charge < -0.3 is 14.8 Å². The second kappa shape index (κ2) is 10.3. The van der Waals surface area contributed by atoms with Crippen molar-refractivity contribution in [2.75, 3.05) is 27.2 Å². The summed E-state index contributed by atoms with van der Waals surface area (Å²) in [5, 5.41) is 2.80. The molecule has 1 atom stereocenters. The van der Waals surface area contributed by atoms with Gasteiger partial charge in [-0.05, 0) is 49.2 Å². The van der Waals surface area contributed by atoms with Crippen LogP contribution in [0.15, 0.2) is 53.4 Å². The molecule has 0 aliphatic rings. The molecule has 0 aromatic heterocycles. The first-order valence-electron chi connectivity index (χ1n) is 9.41. The van der Waals surface area contributed by atoms with E-state index >= 15 is 0 Å². The number of benzene rings is 2. The van der Waals surface area contributed by atoms with E-state index in [1.807, 2.05) is 38.1 Å². The summed E-state index contributed by atoms with van der Waals surface area (Å²) < 4.78 is 36.6. The predicted octanol–water partition coefficient (Wildman–Crippen LogP) is 2.60. The molecule has 2 rings (SSSR count). The largest absolute Gasteiger partial charge is 0.492 e. The monoisotopic (exact) mass is 420 g/mol. The molecule has 29 heavy (non-hydrogen) atoms. The van der Waals surface area contributed by atoms with E-state index in [1.54, 1.807) is 12.1 Å². The van der Waals surface area contributed by atoms with Gasteiger partial charge in [-0.15, -0.1) is 0 Å². The number of nitrogens with one attached hydrogen (secondary N) is 1. The minimum Gasteiger partial charge on any atom is -0.492 e. The fourth-order valence-corrected chi connectivity index (χ4v) is 3.44. The van der Waals surface area contributed by atoms with Crippen molar-refractivity contribution in [1.29, 1.82) is 0 Å². The lowest BCUT2D eigenvalue weighted by Crippen LogP contribution is -2.39. The van der Waals surface area contributed by atoms with E-state index in [4.69, 9.17) is 9.47 Å². The third kappa shape index (κ3) is 6.20. The highest BCUT2D eigenvalue weighted by Crippen LogP contribution is 2.19. The number of rotatable bonds is 10. The van der Waals surface area contributed by atoms with Crippen molar-refractivity contribution < 1.29 is 22.7 Å². The molecule has 158 valence electrons. The molecule has 0 saturated carbocycles. The zero-order valence-electron chi connectivity index (χ0n) is 17.2. The van der Waals surface area contributed by atoms with Crippen molar-refractivity contribution in [2.24, 2.45) is 0 Å². The molecule has 0 saturated heterocycles. The second-order valence-electron chi connectivity index (χ2n) is 6.68.